The minimum atomic E-state index is -0.442. The van der Waals surface area contributed by atoms with Crippen LogP contribution in [0, 0.1) is 0 Å². The van der Waals surface area contributed by atoms with Gasteiger partial charge in [0.1, 0.15) is 0 Å². The Labute approximate surface area is 178 Å². The highest BCUT2D eigenvalue weighted by molar-refractivity contribution is 6.01. The molecule has 0 bridgehead atoms. The average molecular weight is 421 g/mol. The van der Waals surface area contributed by atoms with Crippen LogP contribution in [0.15, 0.2) is 58.4 Å². The molecule has 0 aliphatic carbocycles. The molecule has 1 saturated heterocycles. The van der Waals surface area contributed by atoms with Gasteiger partial charge in [-0.3, -0.25) is 9.80 Å². The van der Waals surface area contributed by atoms with Crippen molar-refractivity contribution in [2.75, 3.05) is 32.9 Å². The highest BCUT2D eigenvalue weighted by Crippen LogP contribution is 2.26. The van der Waals surface area contributed by atoms with E-state index in [1.54, 1.807) is 55.6 Å². The quantitative estimate of drug-likeness (QED) is 0.503. The summed E-state index contributed by atoms with van der Waals surface area (Å²) in [5.74, 6) is -0.660. The predicted octanol–water partition coefficient (Wildman–Crippen LogP) is 2.54. The smallest absolute Gasteiger partial charge is 0.338 e. The number of rotatable bonds is 5. The molecular formula is C23H23N3O5. The fraction of sp³-hybridized carbons (Fsp3) is 0.261. The van der Waals surface area contributed by atoms with Gasteiger partial charge < -0.3 is 14.6 Å². The van der Waals surface area contributed by atoms with E-state index in [1.165, 1.54) is 4.57 Å². The molecular weight excluding hydrogens is 398 g/mol. The Hall–Kier alpha value is -3.65. The summed E-state index contributed by atoms with van der Waals surface area (Å²) in [6.07, 6.45) is 1.58. The molecule has 31 heavy (non-hydrogen) atoms. The summed E-state index contributed by atoms with van der Waals surface area (Å²) >= 11 is 0. The van der Waals surface area contributed by atoms with Gasteiger partial charge in [-0.15, -0.1) is 0 Å². The van der Waals surface area contributed by atoms with E-state index in [-0.39, 0.29) is 18.0 Å². The zero-order chi connectivity index (χ0) is 21.8. The molecule has 1 aliphatic heterocycles. The van der Waals surface area contributed by atoms with Gasteiger partial charge in [-0.25, -0.2) is 9.36 Å². The molecule has 0 radical (unpaired) electrons. The van der Waals surface area contributed by atoms with E-state index in [0.717, 1.165) is 0 Å². The summed E-state index contributed by atoms with van der Waals surface area (Å²) in [5.41, 5.74) is 0.882. The Bertz CT molecular complexity index is 1180. The number of fused-ring (bicyclic) bond motifs is 1. The zero-order valence-electron chi connectivity index (χ0n) is 17.2. The summed E-state index contributed by atoms with van der Waals surface area (Å²) in [4.78, 5) is 25.1. The molecule has 2 heterocycles. The van der Waals surface area contributed by atoms with Crippen molar-refractivity contribution in [1.82, 2.24) is 9.58 Å². The number of nitrogens with zero attached hydrogens (tertiary/aromatic N) is 3. The van der Waals surface area contributed by atoms with Gasteiger partial charge in [-0.1, -0.05) is 18.2 Å². The minimum Gasteiger partial charge on any atom is -0.494 e. The van der Waals surface area contributed by atoms with Crippen LogP contribution < -0.4 is 5.56 Å². The number of ether oxygens (including phenoxy) is 2. The van der Waals surface area contributed by atoms with Crippen LogP contribution in [0.3, 0.4) is 0 Å². The SMILES string of the molecule is CCOC(=O)c1ccc(-n2c(O)c(/C=N/N3CCOCC3)c3ccccc3c2=O)cc1. The second-order valence-electron chi connectivity index (χ2n) is 7.00. The number of aromatic nitrogens is 1. The Morgan fingerprint density at radius 1 is 1.13 bits per heavy atom. The maximum Gasteiger partial charge on any atom is 0.338 e. The molecule has 8 heteroatoms. The van der Waals surface area contributed by atoms with Gasteiger partial charge >= 0.3 is 5.97 Å². The average Bonchev–Trinajstić information content (AvgIpc) is 2.80. The Morgan fingerprint density at radius 2 is 1.81 bits per heavy atom. The van der Waals surface area contributed by atoms with Gasteiger partial charge in [-0.05, 0) is 37.3 Å². The first-order chi connectivity index (χ1) is 15.1. The molecule has 0 atom stereocenters. The van der Waals surface area contributed by atoms with Crippen LogP contribution in [0.5, 0.6) is 5.88 Å². The third-order valence-electron chi connectivity index (χ3n) is 5.08. The molecule has 1 N–H and O–H groups in total. The van der Waals surface area contributed by atoms with Crippen molar-refractivity contribution in [3.63, 3.8) is 0 Å². The molecule has 2 aromatic carbocycles. The predicted molar refractivity (Wildman–Crippen MR) is 117 cm³/mol. The summed E-state index contributed by atoms with van der Waals surface area (Å²) in [7, 11) is 0. The summed E-state index contributed by atoms with van der Waals surface area (Å²) in [6, 6.07) is 13.4. The van der Waals surface area contributed by atoms with Gasteiger partial charge in [-0.2, -0.15) is 5.10 Å². The molecule has 160 valence electrons. The standard InChI is InChI=1S/C23H23N3O5/c1-2-31-23(29)16-7-9-17(10-8-16)26-21(27)19-6-4-3-5-18(19)20(22(26)28)15-24-25-11-13-30-14-12-25/h3-10,15,28H,2,11-14H2,1H3/b24-15+. The Kier molecular flexibility index (Phi) is 5.99. The zero-order valence-corrected chi connectivity index (χ0v) is 17.2. The maximum atomic E-state index is 13.2. The Balaban J connectivity index is 1.81. The van der Waals surface area contributed by atoms with E-state index in [9.17, 15) is 14.7 Å². The van der Waals surface area contributed by atoms with E-state index in [4.69, 9.17) is 9.47 Å². The number of benzene rings is 2. The summed E-state index contributed by atoms with van der Waals surface area (Å²) < 4.78 is 11.6. The molecule has 0 unspecified atom stereocenters. The molecule has 8 nitrogen and oxygen atoms in total. The van der Waals surface area contributed by atoms with E-state index in [0.29, 0.717) is 53.9 Å². The second kappa shape index (κ2) is 9.01. The topological polar surface area (TPSA) is 93.4 Å². The van der Waals surface area contributed by atoms with Crippen molar-refractivity contribution in [2.24, 2.45) is 5.10 Å². The summed E-state index contributed by atoms with van der Waals surface area (Å²) in [6.45, 7) is 4.51. The van der Waals surface area contributed by atoms with Gasteiger partial charge in [0.25, 0.3) is 5.56 Å². The third-order valence-corrected chi connectivity index (χ3v) is 5.08. The lowest BCUT2D eigenvalue weighted by Gasteiger charge is -2.23. The number of aromatic hydroxyl groups is 1. The monoisotopic (exact) mass is 421 g/mol. The van der Waals surface area contributed by atoms with Crippen LogP contribution in [0.25, 0.3) is 16.5 Å². The Morgan fingerprint density at radius 3 is 2.48 bits per heavy atom. The normalized spacial score (nSPS) is 14.3. The number of hydrogen-bond donors (Lipinski definition) is 1. The third kappa shape index (κ3) is 4.15. The molecule has 4 rings (SSSR count). The van der Waals surface area contributed by atoms with Gasteiger partial charge in [0, 0.05) is 10.8 Å². The number of carbonyl (C=O) groups is 1. The molecule has 1 aromatic heterocycles. The fourth-order valence-electron chi connectivity index (χ4n) is 3.50. The van der Waals surface area contributed by atoms with Crippen LogP contribution in [0.1, 0.15) is 22.8 Å². The van der Waals surface area contributed by atoms with Crippen LogP contribution in [0.2, 0.25) is 0 Å². The molecule has 0 amide bonds. The van der Waals surface area contributed by atoms with Crippen LogP contribution in [-0.2, 0) is 9.47 Å². The van der Waals surface area contributed by atoms with E-state index < -0.39 is 5.97 Å². The molecule has 1 fully saturated rings. The fourth-order valence-corrected chi connectivity index (χ4v) is 3.50. The van der Waals surface area contributed by atoms with Crippen molar-refractivity contribution in [1.29, 1.82) is 0 Å². The van der Waals surface area contributed by atoms with Crippen molar-refractivity contribution < 1.29 is 19.4 Å². The molecule has 0 spiro atoms. The number of esters is 1. The maximum absolute atomic E-state index is 13.2. The lowest BCUT2D eigenvalue weighted by molar-refractivity contribution is 0.0397. The van der Waals surface area contributed by atoms with Gasteiger partial charge in [0.05, 0.1) is 55.9 Å². The first-order valence-electron chi connectivity index (χ1n) is 10.1. The van der Waals surface area contributed by atoms with E-state index in [1.807, 2.05) is 11.1 Å². The van der Waals surface area contributed by atoms with Crippen molar-refractivity contribution >= 4 is 23.0 Å². The number of carbonyl (C=O) groups excluding carboxylic acids is 1. The number of hydrogen-bond acceptors (Lipinski definition) is 7. The van der Waals surface area contributed by atoms with Gasteiger partial charge in [0.15, 0.2) is 0 Å². The highest BCUT2D eigenvalue weighted by atomic mass is 16.5. The molecule has 0 saturated carbocycles. The summed E-state index contributed by atoms with van der Waals surface area (Å²) in [5, 5.41) is 18.5. The molecule has 3 aromatic rings. The largest absolute Gasteiger partial charge is 0.494 e. The van der Waals surface area contributed by atoms with Gasteiger partial charge in [0.2, 0.25) is 5.88 Å². The van der Waals surface area contributed by atoms with Crippen LogP contribution in [-0.4, -0.2) is 59.8 Å². The number of morpholine rings is 1. The van der Waals surface area contributed by atoms with E-state index >= 15 is 0 Å². The van der Waals surface area contributed by atoms with Crippen molar-refractivity contribution in [2.45, 2.75) is 6.92 Å². The first kappa shape index (κ1) is 20.6. The number of hydrazone groups is 1. The molecule has 1 aliphatic rings. The first-order valence-corrected chi connectivity index (χ1v) is 10.1. The lowest BCUT2D eigenvalue weighted by atomic mass is 10.1. The lowest BCUT2D eigenvalue weighted by Crippen LogP contribution is -2.32. The van der Waals surface area contributed by atoms with Crippen LogP contribution >= 0.6 is 0 Å². The minimum absolute atomic E-state index is 0.218. The number of pyridine rings is 1. The van der Waals surface area contributed by atoms with E-state index in [2.05, 4.69) is 5.10 Å². The van der Waals surface area contributed by atoms with Crippen LogP contribution in [0.4, 0.5) is 0 Å². The second-order valence-corrected chi connectivity index (χ2v) is 7.00. The van der Waals surface area contributed by atoms with Crippen molar-refractivity contribution in [3.05, 3.63) is 70.0 Å². The highest BCUT2D eigenvalue weighted by Gasteiger charge is 2.17. The van der Waals surface area contributed by atoms with Crippen molar-refractivity contribution in [3.8, 4) is 11.6 Å².